The molecule has 1 aliphatic rings. The fourth-order valence-corrected chi connectivity index (χ4v) is 3.70. The smallest absolute Gasteiger partial charge is 0.251 e. The summed E-state index contributed by atoms with van der Waals surface area (Å²) in [4.78, 5) is 12.0. The molecule has 1 fully saturated rings. The first kappa shape index (κ1) is 16.0. The molecule has 2 rings (SSSR count). The number of hydrogen-bond donors (Lipinski definition) is 1. The molecule has 0 saturated heterocycles. The van der Waals surface area contributed by atoms with Crippen molar-refractivity contribution >= 4 is 37.8 Å². The first-order valence-corrected chi connectivity index (χ1v) is 8.59. The monoisotopic (exact) mass is 403 g/mol. The highest BCUT2D eigenvalue weighted by atomic mass is 79.9. The van der Waals surface area contributed by atoms with E-state index in [-0.39, 0.29) is 5.91 Å². The van der Waals surface area contributed by atoms with Crippen LogP contribution in [0.25, 0.3) is 0 Å². The van der Waals surface area contributed by atoms with Crippen molar-refractivity contribution in [1.29, 1.82) is 0 Å². The number of carbonyl (C=O) groups is 1. The van der Waals surface area contributed by atoms with Crippen molar-refractivity contribution in [2.24, 2.45) is 0 Å². The van der Waals surface area contributed by atoms with E-state index >= 15 is 0 Å². The van der Waals surface area contributed by atoms with Gasteiger partial charge in [0.05, 0.1) is 12.7 Å². The van der Waals surface area contributed by atoms with Gasteiger partial charge in [0.15, 0.2) is 0 Å². The van der Waals surface area contributed by atoms with Crippen LogP contribution in [0.3, 0.4) is 0 Å². The third-order valence-electron chi connectivity index (χ3n) is 3.42. The van der Waals surface area contributed by atoms with Crippen LogP contribution < -0.4 is 5.32 Å². The van der Waals surface area contributed by atoms with Crippen LogP contribution in [-0.4, -0.2) is 25.2 Å². The van der Waals surface area contributed by atoms with E-state index in [0.29, 0.717) is 24.8 Å². The SMILES string of the molecule is O=C(NCCOC1CCCCC1)c1cc(Br)cc(Br)c1. The molecule has 0 heterocycles. The number of rotatable bonds is 5. The maximum absolute atomic E-state index is 12.0. The molecular weight excluding hydrogens is 386 g/mol. The molecule has 1 aliphatic carbocycles. The van der Waals surface area contributed by atoms with Gasteiger partial charge in [0.2, 0.25) is 0 Å². The van der Waals surface area contributed by atoms with Crippen LogP contribution in [0.15, 0.2) is 27.1 Å². The summed E-state index contributed by atoms with van der Waals surface area (Å²) in [6, 6.07) is 5.52. The van der Waals surface area contributed by atoms with Gasteiger partial charge in [0.25, 0.3) is 5.91 Å². The highest BCUT2D eigenvalue weighted by Crippen LogP contribution is 2.21. The second-order valence-electron chi connectivity index (χ2n) is 5.04. The Labute approximate surface area is 136 Å². The summed E-state index contributed by atoms with van der Waals surface area (Å²) in [6.45, 7) is 1.14. The first-order chi connectivity index (χ1) is 9.65. The summed E-state index contributed by atoms with van der Waals surface area (Å²) in [5.74, 6) is -0.0701. The van der Waals surface area contributed by atoms with Crippen LogP contribution >= 0.6 is 31.9 Å². The predicted molar refractivity (Wildman–Crippen MR) is 87.0 cm³/mol. The maximum Gasteiger partial charge on any atom is 0.251 e. The zero-order chi connectivity index (χ0) is 14.4. The predicted octanol–water partition coefficient (Wildman–Crippen LogP) is 4.29. The summed E-state index contributed by atoms with van der Waals surface area (Å²) < 4.78 is 7.55. The molecule has 3 nitrogen and oxygen atoms in total. The molecule has 20 heavy (non-hydrogen) atoms. The lowest BCUT2D eigenvalue weighted by Crippen LogP contribution is -2.29. The van der Waals surface area contributed by atoms with Gasteiger partial charge in [-0.05, 0) is 31.0 Å². The molecular formula is C15H19Br2NO2. The summed E-state index contributed by atoms with van der Waals surface area (Å²) in [5.41, 5.74) is 0.643. The maximum atomic E-state index is 12.0. The summed E-state index contributed by atoms with van der Waals surface area (Å²) in [7, 11) is 0. The molecule has 1 saturated carbocycles. The van der Waals surface area contributed by atoms with Gasteiger partial charge in [0, 0.05) is 21.1 Å². The Morgan fingerprint density at radius 1 is 1.15 bits per heavy atom. The van der Waals surface area contributed by atoms with Crippen molar-refractivity contribution in [2.75, 3.05) is 13.2 Å². The van der Waals surface area contributed by atoms with E-state index in [4.69, 9.17) is 4.74 Å². The second kappa shape index (κ2) is 8.15. The Balaban J connectivity index is 1.71. The van der Waals surface area contributed by atoms with Gasteiger partial charge in [-0.2, -0.15) is 0 Å². The van der Waals surface area contributed by atoms with Gasteiger partial charge >= 0.3 is 0 Å². The lowest BCUT2D eigenvalue weighted by atomic mass is 9.98. The average molecular weight is 405 g/mol. The highest BCUT2D eigenvalue weighted by molar-refractivity contribution is 9.11. The Kier molecular flexibility index (Phi) is 6.52. The second-order valence-corrected chi connectivity index (χ2v) is 6.88. The van der Waals surface area contributed by atoms with Crippen molar-refractivity contribution in [2.45, 2.75) is 38.2 Å². The Morgan fingerprint density at radius 3 is 2.45 bits per heavy atom. The van der Waals surface area contributed by atoms with Crippen molar-refractivity contribution in [1.82, 2.24) is 5.32 Å². The van der Waals surface area contributed by atoms with Gasteiger partial charge in [-0.1, -0.05) is 51.1 Å². The minimum absolute atomic E-state index is 0.0701. The molecule has 1 aromatic carbocycles. The molecule has 1 N–H and O–H groups in total. The van der Waals surface area contributed by atoms with Gasteiger partial charge in [-0.3, -0.25) is 4.79 Å². The fourth-order valence-electron chi connectivity index (χ4n) is 2.41. The van der Waals surface area contributed by atoms with Gasteiger partial charge < -0.3 is 10.1 Å². The minimum atomic E-state index is -0.0701. The van der Waals surface area contributed by atoms with Crippen LogP contribution in [0.1, 0.15) is 42.5 Å². The standard InChI is InChI=1S/C15H19Br2NO2/c16-12-8-11(9-13(17)10-12)15(19)18-6-7-20-14-4-2-1-3-5-14/h8-10,14H,1-7H2,(H,18,19). The summed E-state index contributed by atoms with van der Waals surface area (Å²) in [5, 5.41) is 2.89. The number of carbonyl (C=O) groups excluding carboxylic acids is 1. The normalized spacial score (nSPS) is 16.1. The molecule has 0 atom stereocenters. The summed E-state index contributed by atoms with van der Waals surface area (Å²) in [6.07, 6.45) is 6.57. The fraction of sp³-hybridized carbons (Fsp3) is 0.533. The number of nitrogens with one attached hydrogen (secondary N) is 1. The van der Waals surface area contributed by atoms with Crippen molar-refractivity contribution in [3.05, 3.63) is 32.7 Å². The molecule has 0 bridgehead atoms. The first-order valence-electron chi connectivity index (χ1n) is 7.01. The Hall–Kier alpha value is -0.390. The average Bonchev–Trinajstić information content (AvgIpc) is 2.43. The van der Waals surface area contributed by atoms with Crippen molar-refractivity contribution in [3.63, 3.8) is 0 Å². The summed E-state index contributed by atoms with van der Waals surface area (Å²) >= 11 is 6.76. The number of benzene rings is 1. The van der Waals surface area contributed by atoms with Gasteiger partial charge in [0.1, 0.15) is 0 Å². The minimum Gasteiger partial charge on any atom is -0.376 e. The number of amides is 1. The molecule has 5 heteroatoms. The molecule has 0 aliphatic heterocycles. The van der Waals surface area contributed by atoms with Crippen LogP contribution in [0.4, 0.5) is 0 Å². The van der Waals surface area contributed by atoms with Crippen molar-refractivity contribution < 1.29 is 9.53 Å². The lowest BCUT2D eigenvalue weighted by Gasteiger charge is -2.22. The van der Waals surface area contributed by atoms with E-state index in [2.05, 4.69) is 37.2 Å². The third-order valence-corrected chi connectivity index (χ3v) is 4.33. The van der Waals surface area contributed by atoms with Crippen LogP contribution in [0.2, 0.25) is 0 Å². The molecule has 1 amide bonds. The van der Waals surface area contributed by atoms with Crippen LogP contribution in [-0.2, 0) is 4.74 Å². The lowest BCUT2D eigenvalue weighted by molar-refractivity contribution is 0.0299. The van der Waals surface area contributed by atoms with Crippen LogP contribution in [0, 0.1) is 0 Å². The molecule has 0 spiro atoms. The van der Waals surface area contributed by atoms with Crippen LogP contribution in [0.5, 0.6) is 0 Å². The quantitative estimate of drug-likeness (QED) is 0.743. The van der Waals surface area contributed by atoms with E-state index < -0.39 is 0 Å². The Bertz CT molecular complexity index is 439. The largest absolute Gasteiger partial charge is 0.376 e. The number of hydrogen-bond acceptors (Lipinski definition) is 2. The zero-order valence-corrected chi connectivity index (χ0v) is 14.5. The molecule has 0 unspecified atom stereocenters. The van der Waals surface area contributed by atoms with E-state index in [1.54, 1.807) is 0 Å². The zero-order valence-electron chi connectivity index (χ0n) is 11.3. The number of ether oxygens (including phenoxy) is 1. The molecule has 1 aromatic rings. The molecule has 110 valence electrons. The van der Waals surface area contributed by atoms with E-state index in [1.165, 1.54) is 19.3 Å². The van der Waals surface area contributed by atoms with Gasteiger partial charge in [-0.25, -0.2) is 0 Å². The van der Waals surface area contributed by atoms with Crippen molar-refractivity contribution in [3.8, 4) is 0 Å². The Morgan fingerprint density at radius 2 is 1.80 bits per heavy atom. The van der Waals surface area contributed by atoms with E-state index in [0.717, 1.165) is 21.8 Å². The topological polar surface area (TPSA) is 38.3 Å². The third kappa shape index (κ3) is 5.19. The van der Waals surface area contributed by atoms with Gasteiger partial charge in [-0.15, -0.1) is 0 Å². The number of halogens is 2. The molecule has 0 radical (unpaired) electrons. The molecule has 0 aromatic heterocycles. The highest BCUT2D eigenvalue weighted by Gasteiger charge is 2.13. The van der Waals surface area contributed by atoms with E-state index in [1.807, 2.05) is 18.2 Å². The van der Waals surface area contributed by atoms with E-state index in [9.17, 15) is 4.79 Å².